The van der Waals surface area contributed by atoms with E-state index in [1.54, 1.807) is 42.5 Å². The van der Waals surface area contributed by atoms with Crippen LogP contribution in [0.3, 0.4) is 0 Å². The predicted molar refractivity (Wildman–Crippen MR) is 110 cm³/mol. The second-order valence-electron chi connectivity index (χ2n) is 5.88. The second-order valence-corrected chi connectivity index (χ2v) is 7.30. The van der Waals surface area contributed by atoms with Crippen molar-refractivity contribution in [1.82, 2.24) is 0 Å². The molecule has 0 heterocycles. The number of phenols is 1. The fourth-order valence-corrected chi connectivity index (χ4v) is 2.69. The zero-order valence-corrected chi connectivity index (χ0v) is 19.7. The fraction of sp³-hybridized carbons (Fsp3) is 0.0526. The van der Waals surface area contributed by atoms with Crippen molar-refractivity contribution in [3.8, 4) is 5.75 Å². The Kier molecular flexibility index (Phi) is 8.34. The van der Waals surface area contributed by atoms with Crippen molar-refractivity contribution in [2.24, 2.45) is 20.5 Å². The van der Waals surface area contributed by atoms with Gasteiger partial charge in [-0.2, -0.15) is 23.8 Å². The maximum atomic E-state index is 11.0. The standard InChI is InChI=1S/C19H16N4O4S.K/c1-13-2-11-19(24)18(12-13)23-22-15-5-3-14(4-6-15)20-21-16-7-9-17(10-8-16)28(25,26)27;/h2-12,24H,1H3,(H,25,26,27);. The van der Waals surface area contributed by atoms with Gasteiger partial charge in [-0.05, 0) is 73.2 Å². The summed E-state index contributed by atoms with van der Waals surface area (Å²) in [4.78, 5) is -0.208. The second kappa shape index (κ2) is 10.3. The number of hydrogen-bond acceptors (Lipinski definition) is 7. The van der Waals surface area contributed by atoms with E-state index >= 15 is 0 Å². The van der Waals surface area contributed by atoms with Gasteiger partial charge in [-0.3, -0.25) is 4.55 Å². The SMILES string of the molecule is Cc1ccc(O)c(N=Nc2ccc(N=Nc3ccc(S(=O)(=O)O)cc3)cc2)c1.[K]. The molecule has 0 amide bonds. The maximum Gasteiger partial charge on any atom is 0.294 e. The minimum absolute atomic E-state index is 0. The third-order valence-corrected chi connectivity index (χ3v) is 4.54. The van der Waals surface area contributed by atoms with Crippen molar-refractivity contribution in [2.75, 3.05) is 0 Å². The minimum atomic E-state index is -4.23. The van der Waals surface area contributed by atoms with Gasteiger partial charge in [0.25, 0.3) is 10.1 Å². The van der Waals surface area contributed by atoms with Crippen molar-refractivity contribution in [2.45, 2.75) is 11.8 Å². The average molecular weight is 436 g/mol. The molecule has 8 nitrogen and oxygen atoms in total. The summed E-state index contributed by atoms with van der Waals surface area (Å²) in [6, 6.07) is 17.2. The van der Waals surface area contributed by atoms with Gasteiger partial charge in [0.1, 0.15) is 11.4 Å². The molecule has 2 N–H and O–H groups in total. The molecule has 0 aliphatic carbocycles. The van der Waals surface area contributed by atoms with E-state index in [-0.39, 0.29) is 62.0 Å². The smallest absolute Gasteiger partial charge is 0.294 e. The first kappa shape index (κ1) is 23.5. The normalized spacial score (nSPS) is 11.7. The molecule has 0 spiro atoms. The van der Waals surface area contributed by atoms with Crippen LogP contribution in [0, 0.1) is 6.92 Å². The Bertz CT molecular complexity index is 1150. The monoisotopic (exact) mass is 435 g/mol. The van der Waals surface area contributed by atoms with Crippen LogP contribution in [0.5, 0.6) is 5.75 Å². The summed E-state index contributed by atoms with van der Waals surface area (Å²) in [5, 5.41) is 26.0. The summed E-state index contributed by atoms with van der Waals surface area (Å²) in [5.74, 6) is 0.0554. The van der Waals surface area contributed by atoms with E-state index in [1.165, 1.54) is 24.3 Å². The number of nitrogens with zero attached hydrogens (tertiary/aromatic N) is 4. The van der Waals surface area contributed by atoms with Gasteiger partial charge in [-0.1, -0.05) is 6.07 Å². The van der Waals surface area contributed by atoms with Crippen LogP contribution in [-0.4, -0.2) is 69.5 Å². The van der Waals surface area contributed by atoms with Gasteiger partial charge in [0.05, 0.1) is 22.0 Å². The Labute approximate surface area is 210 Å². The number of aromatic hydroxyl groups is 1. The number of aryl methyl sites for hydroxylation is 1. The Hall–Kier alpha value is -1.79. The summed E-state index contributed by atoms with van der Waals surface area (Å²) in [6.45, 7) is 1.90. The van der Waals surface area contributed by atoms with Gasteiger partial charge in [0.15, 0.2) is 0 Å². The molecule has 0 aliphatic heterocycles. The third-order valence-electron chi connectivity index (χ3n) is 3.67. The van der Waals surface area contributed by atoms with Crippen molar-refractivity contribution in [3.05, 3.63) is 72.3 Å². The van der Waals surface area contributed by atoms with E-state index in [0.29, 0.717) is 22.7 Å². The van der Waals surface area contributed by atoms with Gasteiger partial charge in [0, 0.05) is 51.4 Å². The van der Waals surface area contributed by atoms with E-state index in [0.717, 1.165) is 5.56 Å². The topological polar surface area (TPSA) is 124 Å². The van der Waals surface area contributed by atoms with Crippen LogP contribution in [0.2, 0.25) is 0 Å². The van der Waals surface area contributed by atoms with Gasteiger partial charge in [0.2, 0.25) is 0 Å². The Balaban J connectivity index is 0.00000300. The quantitative estimate of drug-likeness (QED) is 0.316. The molecule has 0 aliphatic rings. The van der Waals surface area contributed by atoms with Crippen molar-refractivity contribution in [1.29, 1.82) is 0 Å². The number of azo groups is 2. The summed E-state index contributed by atoms with van der Waals surface area (Å²) >= 11 is 0. The van der Waals surface area contributed by atoms with Crippen molar-refractivity contribution >= 4 is 84.3 Å². The summed E-state index contributed by atoms with van der Waals surface area (Å²) in [5.41, 5.74) is 2.93. The summed E-state index contributed by atoms with van der Waals surface area (Å²) in [6.07, 6.45) is 0. The first-order chi connectivity index (χ1) is 13.3. The van der Waals surface area contributed by atoms with Crippen molar-refractivity contribution < 1.29 is 18.1 Å². The average Bonchev–Trinajstić information content (AvgIpc) is 2.67. The number of benzene rings is 3. The molecule has 3 aromatic carbocycles. The van der Waals surface area contributed by atoms with Crippen LogP contribution in [-0.2, 0) is 10.1 Å². The largest absolute Gasteiger partial charge is 0.506 e. The summed E-state index contributed by atoms with van der Waals surface area (Å²) < 4.78 is 31.0. The first-order valence-electron chi connectivity index (χ1n) is 8.12. The summed E-state index contributed by atoms with van der Waals surface area (Å²) in [7, 11) is -4.23. The molecule has 143 valence electrons. The van der Waals surface area contributed by atoms with E-state index < -0.39 is 10.1 Å². The molecular weight excluding hydrogens is 419 g/mol. The molecule has 0 bridgehead atoms. The zero-order chi connectivity index (χ0) is 20.1. The fourth-order valence-electron chi connectivity index (χ4n) is 2.21. The first-order valence-corrected chi connectivity index (χ1v) is 9.56. The molecule has 0 unspecified atom stereocenters. The van der Waals surface area contributed by atoms with E-state index in [1.807, 2.05) is 6.92 Å². The van der Waals surface area contributed by atoms with Crippen LogP contribution in [0.15, 0.2) is 92.1 Å². The van der Waals surface area contributed by atoms with Crippen LogP contribution >= 0.6 is 0 Å². The number of rotatable bonds is 5. The third kappa shape index (κ3) is 6.89. The van der Waals surface area contributed by atoms with Crippen LogP contribution < -0.4 is 0 Å². The van der Waals surface area contributed by atoms with E-state index in [2.05, 4.69) is 20.5 Å². The van der Waals surface area contributed by atoms with Gasteiger partial charge in [-0.25, -0.2) is 0 Å². The van der Waals surface area contributed by atoms with E-state index in [4.69, 9.17) is 4.55 Å². The Morgan fingerprint density at radius 1 is 0.724 bits per heavy atom. The van der Waals surface area contributed by atoms with E-state index in [9.17, 15) is 13.5 Å². The molecule has 3 aromatic rings. The Morgan fingerprint density at radius 2 is 1.17 bits per heavy atom. The minimum Gasteiger partial charge on any atom is -0.506 e. The van der Waals surface area contributed by atoms with Crippen LogP contribution in [0.4, 0.5) is 22.7 Å². The maximum absolute atomic E-state index is 11.0. The zero-order valence-electron chi connectivity index (χ0n) is 15.8. The molecule has 1 radical (unpaired) electrons. The molecule has 0 atom stereocenters. The van der Waals surface area contributed by atoms with Crippen LogP contribution in [0.25, 0.3) is 0 Å². The molecule has 29 heavy (non-hydrogen) atoms. The molecule has 0 saturated heterocycles. The molecule has 10 heteroatoms. The molecule has 0 fully saturated rings. The van der Waals surface area contributed by atoms with Crippen molar-refractivity contribution in [3.63, 3.8) is 0 Å². The predicted octanol–water partition coefficient (Wildman–Crippen LogP) is 5.40. The molecule has 3 rings (SSSR count). The molecule has 0 saturated carbocycles. The molecule has 0 aromatic heterocycles. The molecular formula is C19H16KN4O4S. The van der Waals surface area contributed by atoms with Gasteiger partial charge >= 0.3 is 0 Å². The van der Waals surface area contributed by atoms with Crippen LogP contribution in [0.1, 0.15) is 5.56 Å². The number of phenolic OH excluding ortho intramolecular Hbond substituents is 1. The number of hydrogen-bond donors (Lipinski definition) is 2. The van der Waals surface area contributed by atoms with Gasteiger partial charge < -0.3 is 5.11 Å². The Morgan fingerprint density at radius 3 is 1.66 bits per heavy atom. The van der Waals surface area contributed by atoms with Gasteiger partial charge in [-0.15, -0.1) is 5.11 Å².